The van der Waals surface area contributed by atoms with Crippen molar-refractivity contribution >= 4 is 23.3 Å². The highest BCUT2D eigenvalue weighted by Gasteiger charge is 2.24. The van der Waals surface area contributed by atoms with E-state index in [0.717, 1.165) is 12.0 Å². The minimum atomic E-state index is 0.216. The number of aryl methyl sites for hydroxylation is 1. The largest absolute Gasteiger partial charge is 0.403 e. The highest BCUT2D eigenvalue weighted by Crippen LogP contribution is 2.22. The molecule has 0 aliphatic carbocycles. The predicted molar refractivity (Wildman–Crippen MR) is 101 cm³/mol. The second-order valence-electron chi connectivity index (χ2n) is 6.20. The van der Waals surface area contributed by atoms with Crippen LogP contribution in [0.2, 0.25) is 0 Å². The molecule has 7 heteroatoms. The van der Waals surface area contributed by atoms with Gasteiger partial charge in [-0.2, -0.15) is 0 Å². The molecule has 3 aromatic rings. The van der Waals surface area contributed by atoms with E-state index in [0.29, 0.717) is 44.5 Å². The summed E-state index contributed by atoms with van der Waals surface area (Å²) in [6.45, 7) is 2.79. The zero-order valence-corrected chi connectivity index (χ0v) is 15.2. The molecular weight excluding hydrogens is 348 g/mol. The maximum atomic E-state index is 12.4. The van der Waals surface area contributed by atoms with E-state index in [2.05, 4.69) is 16.3 Å². The molecule has 0 atom stereocenters. The minimum absolute atomic E-state index is 0.216. The van der Waals surface area contributed by atoms with Crippen LogP contribution in [0.5, 0.6) is 0 Å². The minimum Gasteiger partial charge on any atom is -0.403 e. The lowest BCUT2D eigenvalue weighted by atomic mass is 10.2. The van der Waals surface area contributed by atoms with Gasteiger partial charge in [0.15, 0.2) is 0 Å². The van der Waals surface area contributed by atoms with Crippen molar-refractivity contribution in [2.24, 2.45) is 0 Å². The first kappa shape index (κ1) is 16.8. The number of carbonyl (C=O) groups is 1. The van der Waals surface area contributed by atoms with Crippen LogP contribution in [0, 0.1) is 0 Å². The van der Waals surface area contributed by atoms with Crippen molar-refractivity contribution in [2.45, 2.75) is 12.8 Å². The number of carbonyl (C=O) groups excluding carboxylic acids is 1. The maximum absolute atomic E-state index is 12.4. The van der Waals surface area contributed by atoms with E-state index in [4.69, 9.17) is 4.42 Å². The summed E-state index contributed by atoms with van der Waals surface area (Å²) in [6.07, 6.45) is 1.39. The summed E-state index contributed by atoms with van der Waals surface area (Å²) in [7, 11) is 0. The SMILES string of the molecule is O=C(CCc1cccs1)N1CCN(c2nnc(-c3ccccc3)o2)CC1. The van der Waals surface area contributed by atoms with Gasteiger partial charge >= 0.3 is 6.01 Å². The third-order valence-corrected chi connectivity index (χ3v) is 5.44. The van der Waals surface area contributed by atoms with Gasteiger partial charge in [-0.15, -0.1) is 16.4 Å². The van der Waals surface area contributed by atoms with Crippen LogP contribution in [0.3, 0.4) is 0 Å². The van der Waals surface area contributed by atoms with Gasteiger partial charge in [0.25, 0.3) is 0 Å². The van der Waals surface area contributed by atoms with Crippen LogP contribution in [0.15, 0.2) is 52.3 Å². The molecule has 0 unspecified atom stereocenters. The lowest BCUT2D eigenvalue weighted by molar-refractivity contribution is -0.131. The summed E-state index contributed by atoms with van der Waals surface area (Å²) in [5.41, 5.74) is 0.911. The molecule has 1 aliphatic heterocycles. The number of piperazine rings is 1. The Labute approximate surface area is 156 Å². The van der Waals surface area contributed by atoms with Gasteiger partial charge in [0.1, 0.15) is 0 Å². The van der Waals surface area contributed by atoms with Crippen LogP contribution in [0.25, 0.3) is 11.5 Å². The molecule has 26 heavy (non-hydrogen) atoms. The normalized spacial score (nSPS) is 14.6. The van der Waals surface area contributed by atoms with Gasteiger partial charge in [-0.05, 0) is 30.0 Å². The molecule has 0 spiro atoms. The van der Waals surface area contributed by atoms with E-state index in [9.17, 15) is 4.79 Å². The molecule has 2 aromatic heterocycles. The molecule has 1 amide bonds. The molecule has 6 nitrogen and oxygen atoms in total. The average Bonchev–Trinajstić information content (AvgIpc) is 3.39. The lowest BCUT2D eigenvalue weighted by Gasteiger charge is -2.33. The van der Waals surface area contributed by atoms with Gasteiger partial charge in [-0.25, -0.2) is 0 Å². The van der Waals surface area contributed by atoms with Crippen LogP contribution in [-0.4, -0.2) is 47.2 Å². The second kappa shape index (κ2) is 7.70. The first-order valence-electron chi connectivity index (χ1n) is 8.73. The molecule has 134 valence electrons. The number of thiophene rings is 1. The van der Waals surface area contributed by atoms with Crippen molar-refractivity contribution in [2.75, 3.05) is 31.1 Å². The number of benzene rings is 1. The summed E-state index contributed by atoms with van der Waals surface area (Å²) in [6, 6.07) is 14.4. The monoisotopic (exact) mass is 368 g/mol. The molecular formula is C19H20N4O2S. The highest BCUT2D eigenvalue weighted by molar-refractivity contribution is 7.09. The van der Waals surface area contributed by atoms with Crippen LogP contribution in [-0.2, 0) is 11.2 Å². The first-order chi connectivity index (χ1) is 12.8. The van der Waals surface area contributed by atoms with Gasteiger partial charge < -0.3 is 14.2 Å². The molecule has 0 bridgehead atoms. The van der Waals surface area contributed by atoms with Crippen molar-refractivity contribution in [1.82, 2.24) is 15.1 Å². The van der Waals surface area contributed by atoms with Gasteiger partial charge in [-0.1, -0.05) is 29.4 Å². The van der Waals surface area contributed by atoms with Crippen LogP contribution in [0.4, 0.5) is 6.01 Å². The summed E-state index contributed by atoms with van der Waals surface area (Å²) < 4.78 is 5.80. The molecule has 1 saturated heterocycles. The first-order valence-corrected chi connectivity index (χ1v) is 9.61. The molecule has 0 radical (unpaired) electrons. The summed E-state index contributed by atoms with van der Waals surface area (Å²) >= 11 is 1.70. The van der Waals surface area contributed by atoms with Gasteiger partial charge in [0, 0.05) is 43.0 Å². The standard InChI is InChI=1S/C19H20N4O2S/c24-17(9-8-16-7-4-14-26-16)22-10-12-23(13-11-22)19-21-20-18(25-19)15-5-2-1-3-6-15/h1-7,14H,8-13H2. The Kier molecular flexibility index (Phi) is 4.97. The molecule has 3 heterocycles. The van der Waals surface area contributed by atoms with Crippen LogP contribution >= 0.6 is 11.3 Å². The fourth-order valence-corrected chi connectivity index (χ4v) is 3.74. The van der Waals surface area contributed by atoms with E-state index in [-0.39, 0.29) is 5.91 Å². The number of amides is 1. The topological polar surface area (TPSA) is 62.5 Å². The van der Waals surface area contributed by atoms with Gasteiger partial charge in [0.2, 0.25) is 11.8 Å². The van der Waals surface area contributed by atoms with Gasteiger partial charge in [-0.3, -0.25) is 4.79 Å². The number of anilines is 1. The molecule has 0 N–H and O–H groups in total. The number of aromatic nitrogens is 2. The summed E-state index contributed by atoms with van der Waals surface area (Å²) in [5, 5.41) is 10.3. The van der Waals surface area contributed by atoms with Crippen molar-refractivity contribution in [3.8, 4) is 11.5 Å². The molecule has 1 aromatic carbocycles. The zero-order valence-electron chi connectivity index (χ0n) is 14.4. The van der Waals surface area contributed by atoms with Crippen molar-refractivity contribution in [3.05, 3.63) is 52.7 Å². The molecule has 1 fully saturated rings. The average molecular weight is 368 g/mol. The number of hydrogen-bond acceptors (Lipinski definition) is 6. The van der Waals surface area contributed by atoms with E-state index in [1.165, 1.54) is 4.88 Å². The number of hydrogen-bond donors (Lipinski definition) is 0. The van der Waals surface area contributed by atoms with Crippen LogP contribution in [0.1, 0.15) is 11.3 Å². The fourth-order valence-electron chi connectivity index (χ4n) is 3.03. The Morgan fingerprint density at radius 1 is 1.04 bits per heavy atom. The Morgan fingerprint density at radius 2 is 1.85 bits per heavy atom. The smallest absolute Gasteiger partial charge is 0.318 e. The van der Waals surface area contributed by atoms with E-state index < -0.39 is 0 Å². The Bertz CT molecular complexity index is 840. The van der Waals surface area contributed by atoms with E-state index in [1.54, 1.807) is 11.3 Å². The van der Waals surface area contributed by atoms with Crippen molar-refractivity contribution in [1.29, 1.82) is 0 Å². The van der Waals surface area contributed by atoms with Gasteiger partial charge in [0.05, 0.1) is 0 Å². The Hall–Kier alpha value is -2.67. The third kappa shape index (κ3) is 3.77. The van der Waals surface area contributed by atoms with Crippen LogP contribution < -0.4 is 4.90 Å². The highest BCUT2D eigenvalue weighted by atomic mass is 32.1. The summed E-state index contributed by atoms with van der Waals surface area (Å²) in [4.78, 5) is 17.6. The van der Waals surface area contributed by atoms with Crippen molar-refractivity contribution < 1.29 is 9.21 Å². The quantitative estimate of drug-likeness (QED) is 0.693. The summed E-state index contributed by atoms with van der Waals surface area (Å²) in [5.74, 6) is 0.739. The third-order valence-electron chi connectivity index (χ3n) is 4.50. The fraction of sp³-hybridized carbons (Fsp3) is 0.316. The predicted octanol–water partition coefficient (Wildman–Crippen LogP) is 3.08. The maximum Gasteiger partial charge on any atom is 0.318 e. The van der Waals surface area contributed by atoms with Crippen molar-refractivity contribution in [3.63, 3.8) is 0 Å². The number of rotatable bonds is 5. The number of nitrogens with zero attached hydrogens (tertiary/aromatic N) is 4. The Morgan fingerprint density at radius 3 is 2.58 bits per heavy atom. The van der Waals surface area contributed by atoms with E-state index in [1.807, 2.05) is 51.6 Å². The molecule has 0 saturated carbocycles. The zero-order chi connectivity index (χ0) is 17.8. The van der Waals surface area contributed by atoms with E-state index >= 15 is 0 Å². The second-order valence-corrected chi connectivity index (χ2v) is 7.24. The Balaban J connectivity index is 1.31. The molecule has 4 rings (SSSR count). The lowest BCUT2D eigenvalue weighted by Crippen LogP contribution is -2.49. The molecule has 1 aliphatic rings.